The highest BCUT2D eigenvalue weighted by atomic mass is 35.5. The molecule has 0 amide bonds. The van der Waals surface area contributed by atoms with Crippen LogP contribution in [0.15, 0.2) is 24.3 Å². The summed E-state index contributed by atoms with van der Waals surface area (Å²) in [5.41, 5.74) is 1.000. The summed E-state index contributed by atoms with van der Waals surface area (Å²) < 4.78 is 0. The Morgan fingerprint density at radius 2 is 2.27 bits per heavy atom. The molecule has 3 nitrogen and oxygen atoms in total. The van der Waals surface area contributed by atoms with E-state index in [1.165, 1.54) is 0 Å². The fourth-order valence-electron chi connectivity index (χ4n) is 2.03. The lowest BCUT2D eigenvalue weighted by molar-refractivity contribution is -0.141. The molecule has 1 fully saturated rings. The van der Waals surface area contributed by atoms with Crippen molar-refractivity contribution in [2.75, 3.05) is 13.1 Å². The van der Waals surface area contributed by atoms with Crippen LogP contribution in [0.3, 0.4) is 0 Å². The van der Waals surface area contributed by atoms with Crippen LogP contribution in [0.5, 0.6) is 0 Å². The van der Waals surface area contributed by atoms with Gasteiger partial charge in [-0.1, -0.05) is 23.7 Å². The molecule has 2 atom stereocenters. The minimum absolute atomic E-state index is 0.0289. The zero-order valence-corrected chi connectivity index (χ0v) is 8.87. The summed E-state index contributed by atoms with van der Waals surface area (Å²) in [5.74, 6) is -1.06. The third-order valence-electron chi connectivity index (χ3n) is 2.81. The van der Waals surface area contributed by atoms with Gasteiger partial charge in [0, 0.05) is 24.0 Å². The van der Waals surface area contributed by atoms with E-state index in [2.05, 4.69) is 5.32 Å². The number of carboxylic acids is 1. The first-order valence-electron chi connectivity index (χ1n) is 4.87. The summed E-state index contributed by atoms with van der Waals surface area (Å²) in [6.07, 6.45) is 0. The Hall–Kier alpha value is -1.06. The Kier molecular flexibility index (Phi) is 2.93. The van der Waals surface area contributed by atoms with Crippen molar-refractivity contribution in [3.8, 4) is 0 Å². The molecule has 0 spiro atoms. The average Bonchev–Trinajstić information content (AvgIpc) is 2.65. The molecule has 4 heteroatoms. The van der Waals surface area contributed by atoms with Gasteiger partial charge < -0.3 is 10.4 Å². The Balaban J connectivity index is 2.26. The second-order valence-corrected chi connectivity index (χ2v) is 4.20. The number of hydrogen-bond donors (Lipinski definition) is 2. The summed E-state index contributed by atoms with van der Waals surface area (Å²) in [6.45, 7) is 1.24. The summed E-state index contributed by atoms with van der Waals surface area (Å²) in [4.78, 5) is 11.0. The van der Waals surface area contributed by atoms with Crippen molar-refractivity contribution in [3.63, 3.8) is 0 Å². The van der Waals surface area contributed by atoms with Gasteiger partial charge in [-0.15, -0.1) is 0 Å². The van der Waals surface area contributed by atoms with Crippen molar-refractivity contribution < 1.29 is 9.90 Å². The predicted octanol–water partition coefficient (Wildman–Crippen LogP) is 1.73. The normalized spacial score (nSPS) is 25.4. The summed E-state index contributed by atoms with van der Waals surface area (Å²) in [5, 5.41) is 12.8. The van der Waals surface area contributed by atoms with Crippen LogP contribution < -0.4 is 5.32 Å². The van der Waals surface area contributed by atoms with Gasteiger partial charge in [0.05, 0.1) is 5.92 Å². The van der Waals surface area contributed by atoms with Gasteiger partial charge in [-0.25, -0.2) is 0 Å². The van der Waals surface area contributed by atoms with E-state index < -0.39 is 5.97 Å². The molecule has 1 aliphatic heterocycles. The maximum atomic E-state index is 11.0. The molecule has 0 aliphatic carbocycles. The van der Waals surface area contributed by atoms with E-state index in [4.69, 9.17) is 16.7 Å². The Morgan fingerprint density at radius 1 is 1.47 bits per heavy atom. The highest BCUT2D eigenvalue weighted by molar-refractivity contribution is 6.30. The maximum Gasteiger partial charge on any atom is 0.308 e. The smallest absolute Gasteiger partial charge is 0.308 e. The molecule has 0 bridgehead atoms. The van der Waals surface area contributed by atoms with Gasteiger partial charge in [0.2, 0.25) is 0 Å². The third kappa shape index (κ3) is 2.13. The number of benzene rings is 1. The van der Waals surface area contributed by atoms with Crippen LogP contribution >= 0.6 is 11.6 Å². The van der Waals surface area contributed by atoms with Gasteiger partial charge in [0.15, 0.2) is 0 Å². The van der Waals surface area contributed by atoms with Crippen LogP contribution in [0.1, 0.15) is 11.5 Å². The first-order valence-corrected chi connectivity index (χ1v) is 5.25. The number of rotatable bonds is 2. The Labute approximate surface area is 93.1 Å². The molecule has 1 aromatic rings. The minimum Gasteiger partial charge on any atom is -0.481 e. The van der Waals surface area contributed by atoms with E-state index in [0.29, 0.717) is 18.1 Å². The second-order valence-electron chi connectivity index (χ2n) is 3.76. The molecule has 2 N–H and O–H groups in total. The number of carbonyl (C=O) groups is 1. The molecule has 1 heterocycles. The Morgan fingerprint density at radius 3 is 2.93 bits per heavy atom. The standard InChI is InChI=1S/C11H12ClNO2/c12-8-3-1-2-7(4-8)9-5-13-6-10(9)11(14)15/h1-4,9-10,13H,5-6H2,(H,14,15)/t9-,10+/m1/s1. The lowest BCUT2D eigenvalue weighted by atomic mass is 9.89. The molecule has 0 unspecified atom stereocenters. The van der Waals surface area contributed by atoms with Gasteiger partial charge >= 0.3 is 5.97 Å². The molecule has 80 valence electrons. The van der Waals surface area contributed by atoms with Crippen molar-refractivity contribution >= 4 is 17.6 Å². The first-order chi connectivity index (χ1) is 7.18. The highest BCUT2D eigenvalue weighted by Crippen LogP contribution is 2.29. The van der Waals surface area contributed by atoms with Crippen LogP contribution in [-0.2, 0) is 4.79 Å². The topological polar surface area (TPSA) is 49.3 Å². The minimum atomic E-state index is -0.745. The number of nitrogens with one attached hydrogen (secondary N) is 1. The molecule has 0 saturated carbocycles. The molecule has 1 aliphatic rings. The van der Waals surface area contributed by atoms with Gasteiger partial charge in [-0.2, -0.15) is 0 Å². The lowest BCUT2D eigenvalue weighted by Gasteiger charge is -2.14. The van der Waals surface area contributed by atoms with Crippen molar-refractivity contribution in [2.24, 2.45) is 5.92 Å². The van der Waals surface area contributed by atoms with Crippen LogP contribution in [0, 0.1) is 5.92 Å². The highest BCUT2D eigenvalue weighted by Gasteiger charge is 2.33. The number of carboxylic acid groups (broad SMARTS) is 1. The number of aliphatic carboxylic acids is 1. The molecule has 15 heavy (non-hydrogen) atoms. The Bertz CT molecular complexity index is 381. The van der Waals surface area contributed by atoms with E-state index in [0.717, 1.165) is 5.56 Å². The van der Waals surface area contributed by atoms with Gasteiger partial charge in [-0.3, -0.25) is 4.79 Å². The molecule has 0 radical (unpaired) electrons. The fraction of sp³-hybridized carbons (Fsp3) is 0.364. The van der Waals surface area contributed by atoms with E-state index in [-0.39, 0.29) is 11.8 Å². The maximum absolute atomic E-state index is 11.0. The molecular formula is C11H12ClNO2. The van der Waals surface area contributed by atoms with Gasteiger partial charge in [-0.05, 0) is 17.7 Å². The third-order valence-corrected chi connectivity index (χ3v) is 3.04. The van der Waals surface area contributed by atoms with Crippen molar-refractivity contribution in [1.29, 1.82) is 0 Å². The second kappa shape index (κ2) is 4.21. The summed E-state index contributed by atoms with van der Waals surface area (Å²) in [7, 11) is 0. The fourth-order valence-corrected chi connectivity index (χ4v) is 2.22. The van der Waals surface area contributed by atoms with Crippen LogP contribution in [0.4, 0.5) is 0 Å². The molecule has 2 rings (SSSR count). The zero-order valence-electron chi connectivity index (χ0n) is 8.11. The van der Waals surface area contributed by atoms with E-state index in [1.807, 2.05) is 18.2 Å². The largest absolute Gasteiger partial charge is 0.481 e. The lowest BCUT2D eigenvalue weighted by Crippen LogP contribution is -2.20. The number of hydrogen-bond acceptors (Lipinski definition) is 2. The number of halogens is 1. The molecule has 0 aromatic heterocycles. The van der Waals surface area contributed by atoms with Crippen LogP contribution in [0.2, 0.25) is 5.02 Å². The van der Waals surface area contributed by atoms with E-state index >= 15 is 0 Å². The van der Waals surface area contributed by atoms with Crippen molar-refractivity contribution in [1.82, 2.24) is 5.32 Å². The summed E-state index contributed by atoms with van der Waals surface area (Å²) >= 11 is 5.88. The van der Waals surface area contributed by atoms with E-state index in [9.17, 15) is 4.79 Å². The molecular weight excluding hydrogens is 214 g/mol. The van der Waals surface area contributed by atoms with Gasteiger partial charge in [0.25, 0.3) is 0 Å². The summed E-state index contributed by atoms with van der Waals surface area (Å²) in [6, 6.07) is 7.42. The van der Waals surface area contributed by atoms with Crippen molar-refractivity contribution in [2.45, 2.75) is 5.92 Å². The predicted molar refractivity (Wildman–Crippen MR) is 58.2 cm³/mol. The van der Waals surface area contributed by atoms with Gasteiger partial charge in [0.1, 0.15) is 0 Å². The van der Waals surface area contributed by atoms with Crippen LogP contribution in [-0.4, -0.2) is 24.2 Å². The monoisotopic (exact) mass is 225 g/mol. The average molecular weight is 226 g/mol. The molecule has 1 aromatic carbocycles. The SMILES string of the molecule is O=C(O)[C@H]1CNC[C@@H]1c1cccc(Cl)c1. The van der Waals surface area contributed by atoms with Crippen LogP contribution in [0.25, 0.3) is 0 Å². The van der Waals surface area contributed by atoms with E-state index in [1.54, 1.807) is 6.07 Å². The molecule has 1 saturated heterocycles. The quantitative estimate of drug-likeness (QED) is 0.806. The van der Waals surface area contributed by atoms with Crippen molar-refractivity contribution in [3.05, 3.63) is 34.9 Å². The first kappa shape index (κ1) is 10.5. The zero-order chi connectivity index (χ0) is 10.8.